The molecule has 0 N–H and O–H groups in total. The molecule has 2 unspecified atom stereocenters. The number of benzene rings is 2. The number of carbonyl (C=O) groups is 2. The van der Waals surface area contributed by atoms with Crippen molar-refractivity contribution in [3.63, 3.8) is 0 Å². The van der Waals surface area contributed by atoms with Gasteiger partial charge in [0.25, 0.3) is 0 Å². The minimum atomic E-state index is -6.33. The summed E-state index contributed by atoms with van der Waals surface area (Å²) in [5.74, 6) is -0.908. The topological polar surface area (TPSA) is 71.5 Å². The number of aryl methyl sites for hydroxylation is 1. The molecule has 1 aliphatic heterocycles. The maximum atomic E-state index is 15.0. The summed E-state index contributed by atoms with van der Waals surface area (Å²) in [4.78, 5) is 26.9. The molecule has 2 atom stereocenters. The second-order valence-corrected chi connectivity index (χ2v) is 14.5. The molecule has 3 aliphatic rings. The third kappa shape index (κ3) is 4.92. The molecule has 0 spiro atoms. The van der Waals surface area contributed by atoms with Gasteiger partial charge in [0.05, 0.1) is 10.9 Å². The molecule has 1 amide bonds. The Morgan fingerprint density at radius 2 is 1.50 bits per heavy atom. The van der Waals surface area contributed by atoms with Crippen molar-refractivity contribution in [2.45, 2.75) is 85.6 Å². The molecule has 0 bridgehead atoms. The summed E-state index contributed by atoms with van der Waals surface area (Å²) < 4.78 is 124. The van der Waals surface area contributed by atoms with Crippen molar-refractivity contribution in [2.75, 3.05) is 6.54 Å². The predicted octanol–water partition coefficient (Wildman–Crippen LogP) is 7.24. The monoisotopic (exact) mass is 667 g/mol. The van der Waals surface area contributed by atoms with Gasteiger partial charge in [-0.25, -0.2) is 12.8 Å². The number of halogens is 8. The Morgan fingerprint density at radius 3 is 2.07 bits per heavy atom. The summed E-state index contributed by atoms with van der Waals surface area (Å²) in [5.41, 5.74) is -7.62. The van der Waals surface area contributed by atoms with Crippen molar-refractivity contribution in [3.8, 4) is 0 Å². The molecule has 5 rings (SSSR count). The highest BCUT2D eigenvalue weighted by atomic mass is 35.5. The lowest BCUT2D eigenvalue weighted by atomic mass is 9.76. The van der Waals surface area contributed by atoms with Gasteiger partial charge < -0.3 is 4.90 Å². The maximum Gasteiger partial charge on any atom is 0.435 e. The lowest BCUT2D eigenvalue weighted by Crippen LogP contribution is -2.53. The quantitative estimate of drug-likeness (QED) is 0.315. The van der Waals surface area contributed by atoms with Crippen LogP contribution in [0.4, 0.5) is 30.7 Å². The second-order valence-electron chi connectivity index (χ2n) is 11.9. The average molecular weight is 668 g/mol. The zero-order valence-electron chi connectivity index (χ0n) is 23.4. The SMILES string of the molecule is CC(=O)[C@H]1CC[C@H](C(=O)N2CCC3(S(=O)(=O)c4cccc(Cl)c4)c4ccc(C(F)(C(F)(F)F)C(F)(F)F)cc4CCC23)CC1. The largest absolute Gasteiger partial charge is 0.435 e. The van der Waals surface area contributed by atoms with E-state index in [4.69, 9.17) is 11.6 Å². The van der Waals surface area contributed by atoms with Crippen LogP contribution in [0.15, 0.2) is 47.4 Å². The van der Waals surface area contributed by atoms with Crippen LogP contribution >= 0.6 is 11.6 Å². The van der Waals surface area contributed by atoms with E-state index in [1.165, 1.54) is 36.1 Å². The number of nitrogens with zero attached hydrogens (tertiary/aromatic N) is 1. The standard InChI is InChI=1S/C30H29ClF7NO4S/c1-17(40)18-5-7-19(8-6-18)26(41)39-14-13-27(44(42,43)23-4-2-3-22(31)16-23)24-11-10-21(15-20(24)9-12-25(27)39)28(32,29(33,34)35)30(36,37)38/h2-4,10-11,15-16,18-19,25H,5-9,12-14H2,1H3/t18-,19-,25?,27?. The molecule has 2 fully saturated rings. The van der Waals surface area contributed by atoms with Crippen LogP contribution in [-0.2, 0) is 36.3 Å². The van der Waals surface area contributed by atoms with Crippen molar-refractivity contribution in [2.24, 2.45) is 11.8 Å². The zero-order valence-corrected chi connectivity index (χ0v) is 25.0. The summed E-state index contributed by atoms with van der Waals surface area (Å²) in [6.07, 6.45) is -11.3. The third-order valence-corrected chi connectivity index (χ3v) is 12.4. The van der Waals surface area contributed by atoms with Gasteiger partial charge in [0, 0.05) is 29.0 Å². The molecule has 2 aromatic rings. The van der Waals surface area contributed by atoms with E-state index in [1.54, 1.807) is 0 Å². The summed E-state index contributed by atoms with van der Waals surface area (Å²) in [7, 11) is -4.48. The van der Waals surface area contributed by atoms with Gasteiger partial charge in [0.2, 0.25) is 5.91 Å². The maximum absolute atomic E-state index is 15.0. The Bertz CT molecular complexity index is 1570. The average Bonchev–Trinajstić information content (AvgIpc) is 3.36. The Kier molecular flexibility index (Phi) is 8.17. The molecule has 2 aromatic carbocycles. The van der Waals surface area contributed by atoms with Crippen LogP contribution in [0.25, 0.3) is 0 Å². The van der Waals surface area contributed by atoms with Gasteiger partial charge in [-0.1, -0.05) is 35.9 Å². The number of sulfone groups is 1. The summed E-state index contributed by atoms with van der Waals surface area (Å²) >= 11 is 6.09. The number of carbonyl (C=O) groups excluding carboxylic acids is 2. The van der Waals surface area contributed by atoms with Gasteiger partial charge >= 0.3 is 18.0 Å². The summed E-state index contributed by atoms with van der Waals surface area (Å²) in [6.45, 7) is 1.46. The van der Waals surface area contributed by atoms with Gasteiger partial charge in [-0.05, 0) is 81.2 Å². The highest BCUT2D eigenvalue weighted by Gasteiger charge is 2.74. The van der Waals surface area contributed by atoms with Gasteiger partial charge in [0.15, 0.2) is 9.84 Å². The van der Waals surface area contributed by atoms with E-state index in [0.717, 1.165) is 6.07 Å². The summed E-state index contributed by atoms with van der Waals surface area (Å²) in [5, 5.41) is 0.0798. The number of fused-ring (bicyclic) bond motifs is 3. The first kappa shape index (κ1) is 32.7. The van der Waals surface area contributed by atoms with Crippen molar-refractivity contribution >= 4 is 33.1 Å². The molecule has 1 saturated carbocycles. The molecule has 0 radical (unpaired) electrons. The first-order valence-electron chi connectivity index (χ1n) is 14.1. The van der Waals surface area contributed by atoms with Crippen LogP contribution in [0, 0.1) is 11.8 Å². The van der Waals surface area contributed by atoms with E-state index < -0.39 is 50.1 Å². The molecule has 5 nitrogen and oxygen atoms in total. The normalized spacial score (nSPS) is 26.2. The molecular formula is C30H29ClF7NO4S. The number of ketones is 1. The highest BCUT2D eigenvalue weighted by Crippen LogP contribution is 2.57. The lowest BCUT2D eigenvalue weighted by molar-refractivity contribution is -0.348. The van der Waals surface area contributed by atoms with Crippen LogP contribution < -0.4 is 0 Å². The molecule has 1 heterocycles. The Labute approximate surface area is 254 Å². The second kappa shape index (κ2) is 11.0. The molecule has 2 aliphatic carbocycles. The van der Waals surface area contributed by atoms with E-state index in [2.05, 4.69) is 0 Å². The number of alkyl halides is 7. The fourth-order valence-corrected chi connectivity index (χ4v) is 9.99. The minimum Gasteiger partial charge on any atom is -0.337 e. The first-order chi connectivity index (χ1) is 20.4. The number of hydrogen-bond donors (Lipinski definition) is 0. The third-order valence-electron chi connectivity index (χ3n) is 9.59. The van der Waals surface area contributed by atoms with Crippen molar-refractivity contribution in [1.29, 1.82) is 0 Å². The predicted molar refractivity (Wildman–Crippen MR) is 146 cm³/mol. The van der Waals surface area contributed by atoms with Gasteiger partial charge in [-0.15, -0.1) is 0 Å². The van der Waals surface area contributed by atoms with E-state index in [9.17, 15) is 44.3 Å². The number of hydrogen-bond acceptors (Lipinski definition) is 4. The highest BCUT2D eigenvalue weighted by molar-refractivity contribution is 7.92. The lowest BCUT2D eigenvalue weighted by Gasteiger charge is -2.44. The number of Topliss-reactive ketones (excluding diaryl/α,β-unsaturated/α-hetero) is 1. The summed E-state index contributed by atoms with van der Waals surface area (Å²) in [6, 6.07) is 5.93. The smallest absolute Gasteiger partial charge is 0.337 e. The van der Waals surface area contributed by atoms with Crippen LogP contribution in [-0.4, -0.2) is 49.9 Å². The number of likely N-dealkylation sites (tertiary alicyclic amines) is 1. The molecular weight excluding hydrogens is 639 g/mol. The minimum absolute atomic E-state index is 0.0281. The van der Waals surface area contributed by atoms with E-state index >= 15 is 4.39 Å². The Balaban J connectivity index is 1.63. The van der Waals surface area contributed by atoms with Crippen molar-refractivity contribution < 1.29 is 48.7 Å². The van der Waals surface area contributed by atoms with Gasteiger partial charge in [-0.3, -0.25) is 9.59 Å². The Hall–Kier alpha value is -2.67. The van der Waals surface area contributed by atoms with E-state index in [1.807, 2.05) is 0 Å². The van der Waals surface area contributed by atoms with E-state index in [-0.39, 0.29) is 64.5 Å². The van der Waals surface area contributed by atoms with Crippen LogP contribution in [0.3, 0.4) is 0 Å². The van der Waals surface area contributed by atoms with Crippen molar-refractivity contribution in [3.05, 3.63) is 64.2 Å². The molecule has 240 valence electrons. The van der Waals surface area contributed by atoms with Crippen LogP contribution in [0.2, 0.25) is 5.02 Å². The Morgan fingerprint density at radius 1 is 0.886 bits per heavy atom. The molecule has 44 heavy (non-hydrogen) atoms. The molecule has 14 heteroatoms. The van der Waals surface area contributed by atoms with Crippen molar-refractivity contribution in [1.82, 2.24) is 4.90 Å². The van der Waals surface area contributed by atoms with Crippen LogP contribution in [0.1, 0.15) is 62.1 Å². The zero-order chi connectivity index (χ0) is 32.5. The van der Waals surface area contributed by atoms with Gasteiger partial charge in [0.1, 0.15) is 10.5 Å². The molecule has 0 aromatic heterocycles. The number of amides is 1. The number of rotatable bonds is 5. The van der Waals surface area contributed by atoms with E-state index in [0.29, 0.717) is 37.8 Å². The van der Waals surface area contributed by atoms with Crippen LogP contribution in [0.5, 0.6) is 0 Å². The first-order valence-corrected chi connectivity index (χ1v) is 16.0. The van der Waals surface area contributed by atoms with Gasteiger partial charge in [-0.2, -0.15) is 26.3 Å². The fourth-order valence-electron chi connectivity index (χ4n) is 7.32. The molecule has 1 saturated heterocycles. The fraction of sp³-hybridized carbons (Fsp3) is 0.533.